The van der Waals surface area contributed by atoms with Crippen LogP contribution in [0, 0.1) is 0 Å². The molecule has 1 aromatic rings. The highest BCUT2D eigenvalue weighted by molar-refractivity contribution is 7.89. The van der Waals surface area contributed by atoms with Gasteiger partial charge in [0.15, 0.2) is 0 Å². The van der Waals surface area contributed by atoms with Crippen LogP contribution >= 0.6 is 11.6 Å². The molecule has 0 aromatic heterocycles. The summed E-state index contributed by atoms with van der Waals surface area (Å²) in [7, 11) is -3.59. The van der Waals surface area contributed by atoms with Crippen LogP contribution in [0.5, 0.6) is 0 Å². The molecule has 0 radical (unpaired) electrons. The summed E-state index contributed by atoms with van der Waals surface area (Å²) in [5.41, 5.74) is 0. The van der Waals surface area contributed by atoms with Crippen LogP contribution in [-0.2, 0) is 19.5 Å². The summed E-state index contributed by atoms with van der Waals surface area (Å²) in [6, 6.07) is 6.48. The van der Waals surface area contributed by atoms with E-state index in [-0.39, 0.29) is 10.9 Å². The molecule has 8 heteroatoms. The number of rotatable bonds is 6. The molecule has 0 aliphatic carbocycles. The van der Waals surface area contributed by atoms with Crippen LogP contribution in [-0.4, -0.2) is 76.3 Å². The van der Waals surface area contributed by atoms with Gasteiger partial charge in [0.05, 0.1) is 18.1 Å². The van der Waals surface area contributed by atoms with Gasteiger partial charge in [0, 0.05) is 50.5 Å². The van der Waals surface area contributed by atoms with E-state index in [2.05, 4.69) is 4.90 Å². The zero-order valence-electron chi connectivity index (χ0n) is 14.3. The maximum atomic E-state index is 13.2. The molecule has 0 saturated carbocycles. The lowest BCUT2D eigenvalue weighted by Gasteiger charge is -2.35. The molecule has 25 heavy (non-hydrogen) atoms. The van der Waals surface area contributed by atoms with E-state index in [1.54, 1.807) is 22.5 Å². The van der Waals surface area contributed by atoms with E-state index in [0.29, 0.717) is 44.5 Å². The quantitative estimate of drug-likeness (QED) is 0.744. The number of nitrogens with zero attached hydrogens (tertiary/aromatic N) is 2. The molecular formula is C17H25ClN2O4S. The van der Waals surface area contributed by atoms with Gasteiger partial charge in [-0.15, -0.1) is 0 Å². The topological polar surface area (TPSA) is 59.1 Å². The Morgan fingerprint density at radius 3 is 2.48 bits per heavy atom. The van der Waals surface area contributed by atoms with Crippen molar-refractivity contribution in [3.8, 4) is 0 Å². The Labute approximate surface area is 154 Å². The standard InChI is InChI=1S/C17H25ClN2O4S/c18-15-2-1-3-17(14-15)25(21,22)20(16-4-10-23-11-5-16)7-6-19-8-12-24-13-9-19/h1-3,14,16H,4-13H2. The molecule has 2 saturated heterocycles. The average Bonchev–Trinajstić information content (AvgIpc) is 2.63. The second-order valence-corrected chi connectivity index (χ2v) is 8.70. The summed E-state index contributed by atoms with van der Waals surface area (Å²) in [5, 5.41) is 0.432. The van der Waals surface area contributed by atoms with Gasteiger partial charge >= 0.3 is 0 Å². The molecule has 2 heterocycles. The molecule has 3 rings (SSSR count). The first-order valence-electron chi connectivity index (χ1n) is 8.72. The van der Waals surface area contributed by atoms with Gasteiger partial charge in [-0.25, -0.2) is 8.42 Å². The smallest absolute Gasteiger partial charge is 0.243 e. The maximum Gasteiger partial charge on any atom is 0.243 e. The molecule has 2 fully saturated rings. The number of halogens is 1. The lowest BCUT2D eigenvalue weighted by molar-refractivity contribution is 0.0291. The normalized spacial score (nSPS) is 20.9. The van der Waals surface area contributed by atoms with E-state index in [4.69, 9.17) is 21.1 Å². The minimum atomic E-state index is -3.59. The second-order valence-electron chi connectivity index (χ2n) is 6.37. The van der Waals surface area contributed by atoms with Crippen molar-refractivity contribution in [3.63, 3.8) is 0 Å². The molecule has 0 amide bonds. The molecule has 0 N–H and O–H groups in total. The van der Waals surface area contributed by atoms with Gasteiger partial charge in [0.2, 0.25) is 10.0 Å². The third kappa shape index (κ3) is 4.93. The van der Waals surface area contributed by atoms with Gasteiger partial charge in [0.25, 0.3) is 0 Å². The molecule has 1 aromatic carbocycles. The molecule has 2 aliphatic heterocycles. The van der Waals surface area contributed by atoms with Crippen LogP contribution in [0.2, 0.25) is 5.02 Å². The fourth-order valence-corrected chi connectivity index (χ4v) is 5.28. The zero-order chi connectivity index (χ0) is 17.7. The first-order chi connectivity index (χ1) is 12.1. The summed E-state index contributed by atoms with van der Waals surface area (Å²) < 4.78 is 38.9. The predicted molar refractivity (Wildman–Crippen MR) is 96.4 cm³/mol. The number of benzene rings is 1. The molecule has 0 spiro atoms. The molecule has 6 nitrogen and oxygen atoms in total. The van der Waals surface area contributed by atoms with E-state index >= 15 is 0 Å². The fraction of sp³-hybridized carbons (Fsp3) is 0.647. The van der Waals surface area contributed by atoms with Crippen molar-refractivity contribution < 1.29 is 17.9 Å². The second kappa shape index (κ2) is 8.79. The van der Waals surface area contributed by atoms with E-state index in [1.807, 2.05) is 0 Å². The summed E-state index contributed by atoms with van der Waals surface area (Å²) in [6.07, 6.45) is 1.45. The van der Waals surface area contributed by atoms with Crippen LogP contribution in [0.3, 0.4) is 0 Å². The Morgan fingerprint density at radius 1 is 1.12 bits per heavy atom. The van der Waals surface area contributed by atoms with Crippen molar-refractivity contribution in [2.24, 2.45) is 0 Å². The van der Waals surface area contributed by atoms with Gasteiger partial charge < -0.3 is 9.47 Å². The fourth-order valence-electron chi connectivity index (χ4n) is 3.30. The molecule has 0 unspecified atom stereocenters. The number of hydrogen-bond donors (Lipinski definition) is 0. The number of sulfonamides is 1. The van der Waals surface area contributed by atoms with Gasteiger partial charge in [-0.2, -0.15) is 4.31 Å². The highest BCUT2D eigenvalue weighted by Crippen LogP contribution is 2.25. The van der Waals surface area contributed by atoms with Crippen LogP contribution in [0.1, 0.15) is 12.8 Å². The Kier molecular flexibility index (Phi) is 6.71. The lowest BCUT2D eigenvalue weighted by Crippen LogP contribution is -2.48. The average molecular weight is 389 g/mol. The van der Waals surface area contributed by atoms with E-state index in [9.17, 15) is 8.42 Å². The summed E-state index contributed by atoms with van der Waals surface area (Å²) in [4.78, 5) is 2.51. The van der Waals surface area contributed by atoms with Crippen LogP contribution in [0.15, 0.2) is 29.2 Å². The van der Waals surface area contributed by atoms with Crippen LogP contribution in [0.4, 0.5) is 0 Å². The van der Waals surface area contributed by atoms with Gasteiger partial charge in [-0.05, 0) is 31.0 Å². The molecule has 0 bridgehead atoms. The van der Waals surface area contributed by atoms with E-state index < -0.39 is 10.0 Å². The van der Waals surface area contributed by atoms with Crippen molar-refractivity contribution in [3.05, 3.63) is 29.3 Å². The van der Waals surface area contributed by atoms with E-state index in [1.165, 1.54) is 6.07 Å². The Balaban J connectivity index is 1.79. The summed E-state index contributed by atoms with van der Waals surface area (Å²) >= 11 is 6.02. The largest absolute Gasteiger partial charge is 0.381 e. The number of ether oxygens (including phenoxy) is 2. The SMILES string of the molecule is O=S(=O)(c1cccc(Cl)c1)N(CCN1CCOCC1)C1CCOCC1. The van der Waals surface area contributed by atoms with Crippen LogP contribution in [0.25, 0.3) is 0 Å². The van der Waals surface area contributed by atoms with Crippen molar-refractivity contribution in [2.75, 3.05) is 52.6 Å². The van der Waals surface area contributed by atoms with Gasteiger partial charge in [0.1, 0.15) is 0 Å². The first-order valence-corrected chi connectivity index (χ1v) is 10.5. The minimum Gasteiger partial charge on any atom is -0.381 e. The Bertz CT molecular complexity index is 658. The third-order valence-corrected chi connectivity index (χ3v) is 6.92. The molecular weight excluding hydrogens is 364 g/mol. The first kappa shape index (κ1) is 19.1. The molecule has 140 valence electrons. The van der Waals surface area contributed by atoms with Crippen molar-refractivity contribution in [1.82, 2.24) is 9.21 Å². The van der Waals surface area contributed by atoms with Crippen molar-refractivity contribution in [1.29, 1.82) is 0 Å². The summed E-state index contributed by atoms with van der Waals surface area (Å²) in [5.74, 6) is 0. The maximum absolute atomic E-state index is 13.2. The highest BCUT2D eigenvalue weighted by atomic mass is 35.5. The third-order valence-electron chi connectivity index (χ3n) is 4.74. The van der Waals surface area contributed by atoms with Crippen LogP contribution < -0.4 is 0 Å². The zero-order valence-corrected chi connectivity index (χ0v) is 15.8. The Hall–Kier alpha value is -0.700. The number of morpholine rings is 1. The molecule has 0 atom stereocenters. The van der Waals surface area contributed by atoms with E-state index in [0.717, 1.165) is 25.9 Å². The minimum absolute atomic E-state index is 0.0289. The highest BCUT2D eigenvalue weighted by Gasteiger charge is 2.33. The van der Waals surface area contributed by atoms with Crippen molar-refractivity contribution >= 4 is 21.6 Å². The lowest BCUT2D eigenvalue weighted by atomic mass is 10.1. The molecule has 2 aliphatic rings. The van der Waals surface area contributed by atoms with Gasteiger partial charge in [-0.1, -0.05) is 17.7 Å². The van der Waals surface area contributed by atoms with Gasteiger partial charge in [-0.3, -0.25) is 4.90 Å². The number of hydrogen-bond acceptors (Lipinski definition) is 5. The predicted octanol–water partition coefficient (Wildman–Crippen LogP) is 1.84. The summed E-state index contributed by atoms with van der Waals surface area (Å²) in [6.45, 7) is 5.49. The Morgan fingerprint density at radius 2 is 1.80 bits per heavy atom. The van der Waals surface area contributed by atoms with Crippen molar-refractivity contribution in [2.45, 2.75) is 23.8 Å². The monoisotopic (exact) mass is 388 g/mol.